The molecule has 36 heavy (non-hydrogen) atoms. The number of nitrogens with zero attached hydrogens (tertiary/aromatic N) is 2. The van der Waals surface area contributed by atoms with Crippen LogP contribution in [-0.4, -0.2) is 54.4 Å². The summed E-state index contributed by atoms with van der Waals surface area (Å²) in [5.41, 5.74) is 3.60. The molecule has 2 aromatic rings. The normalized spacial score (nSPS) is 16.2. The second kappa shape index (κ2) is 11.6. The second-order valence-electron chi connectivity index (χ2n) is 9.76. The van der Waals surface area contributed by atoms with Crippen molar-refractivity contribution in [1.82, 2.24) is 4.98 Å². The monoisotopic (exact) mass is 518 g/mol. The van der Waals surface area contributed by atoms with Gasteiger partial charge >= 0.3 is 0 Å². The lowest BCUT2D eigenvalue weighted by Gasteiger charge is -2.26. The van der Waals surface area contributed by atoms with Gasteiger partial charge in [-0.05, 0) is 55.4 Å². The molecule has 3 rings (SSSR count). The van der Waals surface area contributed by atoms with Crippen molar-refractivity contribution >= 4 is 27.7 Å². The molecular formula is C27H35FN2O5S. The molecule has 0 amide bonds. The Morgan fingerprint density at radius 1 is 1.19 bits per heavy atom. The Balaban J connectivity index is 2.23. The lowest BCUT2D eigenvalue weighted by atomic mass is 9.88. The SMILES string of the molecule is CC(=O)C[C@H](O)C[C@H](O)/C=C/c1c(C(C)C)nc2c(c1-c1ccc(F)cc1)CCCCN2S(C)(=O)=O. The molecule has 7 nitrogen and oxygen atoms in total. The number of benzene rings is 1. The number of carbonyl (C=O) groups excluding carboxylic acids is 1. The van der Waals surface area contributed by atoms with Crippen LogP contribution in [0.2, 0.25) is 0 Å². The minimum Gasteiger partial charge on any atom is -0.393 e. The summed E-state index contributed by atoms with van der Waals surface area (Å²) in [5.74, 6) is -0.232. The molecule has 196 valence electrons. The number of halogens is 1. The maximum Gasteiger partial charge on any atom is 0.233 e. The summed E-state index contributed by atoms with van der Waals surface area (Å²) in [5, 5.41) is 20.6. The van der Waals surface area contributed by atoms with Gasteiger partial charge in [0.25, 0.3) is 0 Å². The van der Waals surface area contributed by atoms with Crippen LogP contribution in [0.1, 0.15) is 69.2 Å². The summed E-state index contributed by atoms with van der Waals surface area (Å²) in [4.78, 5) is 16.1. The predicted octanol–water partition coefficient (Wildman–Crippen LogP) is 4.22. The Bertz CT molecular complexity index is 1230. The van der Waals surface area contributed by atoms with Crippen LogP contribution < -0.4 is 4.31 Å². The van der Waals surface area contributed by atoms with Gasteiger partial charge in [-0.25, -0.2) is 17.8 Å². The Morgan fingerprint density at radius 2 is 1.86 bits per heavy atom. The number of ketones is 1. The highest BCUT2D eigenvalue weighted by Crippen LogP contribution is 2.41. The van der Waals surface area contributed by atoms with Crippen LogP contribution in [-0.2, 0) is 21.2 Å². The quantitative estimate of drug-likeness (QED) is 0.515. The molecule has 1 aliphatic rings. The molecule has 0 bridgehead atoms. The van der Waals surface area contributed by atoms with Gasteiger partial charge < -0.3 is 10.2 Å². The number of rotatable bonds is 9. The number of hydrogen-bond donors (Lipinski definition) is 2. The summed E-state index contributed by atoms with van der Waals surface area (Å²) in [6.07, 6.45) is 4.50. The second-order valence-corrected chi connectivity index (χ2v) is 11.7. The third kappa shape index (κ3) is 6.78. The molecule has 0 spiro atoms. The fourth-order valence-corrected chi connectivity index (χ4v) is 5.53. The summed E-state index contributed by atoms with van der Waals surface area (Å²) >= 11 is 0. The minimum atomic E-state index is -3.58. The van der Waals surface area contributed by atoms with E-state index in [9.17, 15) is 27.8 Å². The smallest absolute Gasteiger partial charge is 0.233 e. The lowest BCUT2D eigenvalue weighted by Crippen LogP contribution is -2.32. The Hall–Kier alpha value is -2.62. The van der Waals surface area contributed by atoms with Crippen LogP contribution in [0.5, 0.6) is 0 Å². The number of aromatic nitrogens is 1. The van der Waals surface area contributed by atoms with E-state index in [1.807, 2.05) is 13.8 Å². The zero-order valence-electron chi connectivity index (χ0n) is 21.2. The van der Waals surface area contributed by atoms with Crippen molar-refractivity contribution in [2.45, 2.75) is 71.0 Å². The van der Waals surface area contributed by atoms with E-state index in [0.717, 1.165) is 23.1 Å². The molecule has 0 saturated heterocycles. The number of fused-ring (bicyclic) bond motifs is 1. The molecule has 2 atom stereocenters. The van der Waals surface area contributed by atoms with Gasteiger partial charge in [-0.15, -0.1) is 0 Å². The number of pyridine rings is 1. The van der Waals surface area contributed by atoms with Crippen LogP contribution in [0.25, 0.3) is 17.2 Å². The van der Waals surface area contributed by atoms with E-state index in [2.05, 4.69) is 0 Å². The number of hydrogen-bond acceptors (Lipinski definition) is 6. The largest absolute Gasteiger partial charge is 0.393 e. The summed E-state index contributed by atoms with van der Waals surface area (Å²) in [6.45, 7) is 5.63. The molecule has 9 heteroatoms. The first-order valence-corrected chi connectivity index (χ1v) is 14.1. The Kier molecular flexibility index (Phi) is 9.03. The maximum absolute atomic E-state index is 13.8. The van der Waals surface area contributed by atoms with Gasteiger partial charge in [0.1, 0.15) is 17.4 Å². The predicted molar refractivity (Wildman–Crippen MR) is 140 cm³/mol. The third-order valence-electron chi connectivity index (χ3n) is 6.22. The zero-order valence-corrected chi connectivity index (χ0v) is 22.1. The lowest BCUT2D eigenvalue weighted by molar-refractivity contribution is -0.119. The number of carbonyl (C=O) groups is 1. The van der Waals surface area contributed by atoms with E-state index >= 15 is 0 Å². The van der Waals surface area contributed by atoms with Crippen molar-refractivity contribution in [3.63, 3.8) is 0 Å². The molecule has 2 heterocycles. The van der Waals surface area contributed by atoms with Gasteiger partial charge in [0.15, 0.2) is 0 Å². The fraction of sp³-hybridized carbons (Fsp3) is 0.481. The number of aliphatic hydroxyl groups is 2. The van der Waals surface area contributed by atoms with Gasteiger partial charge in [0, 0.05) is 30.5 Å². The van der Waals surface area contributed by atoms with Gasteiger partial charge in [0.05, 0.1) is 24.2 Å². The average molecular weight is 519 g/mol. The van der Waals surface area contributed by atoms with Crippen molar-refractivity contribution in [1.29, 1.82) is 0 Å². The van der Waals surface area contributed by atoms with E-state index in [1.165, 1.54) is 29.6 Å². The summed E-state index contributed by atoms with van der Waals surface area (Å²) in [7, 11) is -3.58. The fourth-order valence-electron chi connectivity index (χ4n) is 4.61. The van der Waals surface area contributed by atoms with E-state index in [1.54, 1.807) is 24.3 Å². The third-order valence-corrected chi connectivity index (χ3v) is 7.38. The minimum absolute atomic E-state index is 0.000795. The van der Waals surface area contributed by atoms with E-state index in [4.69, 9.17) is 4.98 Å². The first kappa shape index (κ1) is 28.0. The topological polar surface area (TPSA) is 108 Å². The van der Waals surface area contributed by atoms with E-state index < -0.39 is 22.2 Å². The van der Waals surface area contributed by atoms with E-state index in [-0.39, 0.29) is 30.4 Å². The molecule has 2 N–H and O–H groups in total. The highest BCUT2D eigenvalue weighted by atomic mass is 32.2. The van der Waals surface area contributed by atoms with Crippen molar-refractivity contribution < 1.29 is 27.8 Å². The Labute approximate surface area is 212 Å². The molecule has 0 saturated carbocycles. The van der Waals surface area contributed by atoms with Crippen LogP contribution in [0, 0.1) is 5.82 Å². The molecule has 1 aliphatic heterocycles. The first-order valence-electron chi connectivity index (χ1n) is 12.2. The number of Topliss-reactive ketones (excluding diaryl/α,β-unsaturated/α-hetero) is 1. The van der Waals surface area contributed by atoms with Gasteiger partial charge in [-0.2, -0.15) is 0 Å². The zero-order chi connectivity index (χ0) is 26.6. The molecule has 1 aromatic heterocycles. The molecule has 1 aromatic carbocycles. The highest BCUT2D eigenvalue weighted by molar-refractivity contribution is 7.92. The van der Waals surface area contributed by atoms with Gasteiger partial charge in [-0.1, -0.05) is 38.1 Å². The van der Waals surface area contributed by atoms with Crippen LogP contribution >= 0.6 is 0 Å². The number of anilines is 1. The number of aliphatic hydroxyl groups excluding tert-OH is 2. The highest BCUT2D eigenvalue weighted by Gasteiger charge is 2.30. The van der Waals surface area contributed by atoms with Crippen molar-refractivity contribution in [3.8, 4) is 11.1 Å². The molecule has 0 fully saturated rings. The van der Waals surface area contributed by atoms with Crippen LogP contribution in [0.15, 0.2) is 30.3 Å². The van der Waals surface area contributed by atoms with Gasteiger partial charge in [-0.3, -0.25) is 9.10 Å². The number of sulfonamides is 1. The summed E-state index contributed by atoms with van der Waals surface area (Å²) in [6, 6.07) is 6.05. The van der Waals surface area contributed by atoms with Crippen molar-refractivity contribution in [2.75, 3.05) is 17.1 Å². The van der Waals surface area contributed by atoms with Crippen molar-refractivity contribution in [2.24, 2.45) is 0 Å². The van der Waals surface area contributed by atoms with Crippen LogP contribution in [0.3, 0.4) is 0 Å². The Morgan fingerprint density at radius 3 is 2.44 bits per heavy atom. The standard InChI is InChI=1S/C27H35FN2O5S/c1-17(2)26-23(13-12-21(32)16-22(33)15-18(3)31)25(19-8-10-20(28)11-9-19)24-7-5-6-14-30(27(24)29-26)36(4,34)35/h8-13,17,21-22,32-33H,5-7,14-16H2,1-4H3/b13-12+/t21-,22+/m1/s1. The van der Waals surface area contributed by atoms with E-state index in [0.29, 0.717) is 36.5 Å². The molecule has 0 radical (unpaired) electrons. The molecule has 0 aliphatic carbocycles. The van der Waals surface area contributed by atoms with Gasteiger partial charge in [0.2, 0.25) is 10.0 Å². The summed E-state index contributed by atoms with van der Waals surface area (Å²) < 4.78 is 40.6. The van der Waals surface area contributed by atoms with Crippen LogP contribution in [0.4, 0.5) is 10.2 Å². The molecular weight excluding hydrogens is 483 g/mol. The van der Waals surface area contributed by atoms with Crippen molar-refractivity contribution in [3.05, 3.63) is 53.0 Å². The molecule has 0 unspecified atom stereocenters. The first-order chi connectivity index (χ1) is 16.9. The maximum atomic E-state index is 13.8. The average Bonchev–Trinajstić information content (AvgIpc) is 2.99.